The van der Waals surface area contributed by atoms with Gasteiger partial charge in [0.1, 0.15) is 5.03 Å². The van der Waals surface area contributed by atoms with Crippen LogP contribution >= 0.6 is 11.8 Å². The van der Waals surface area contributed by atoms with Gasteiger partial charge < -0.3 is 4.90 Å². The zero-order chi connectivity index (χ0) is 17.9. The Hall–Kier alpha value is -1.85. The minimum Gasteiger partial charge on any atom is -0.336 e. The van der Waals surface area contributed by atoms with E-state index in [1.165, 1.54) is 35.7 Å². The van der Waals surface area contributed by atoms with Crippen LogP contribution in [0.2, 0.25) is 0 Å². The molecule has 0 saturated carbocycles. The Bertz CT molecular complexity index is 786. The molecule has 0 N–H and O–H groups in total. The van der Waals surface area contributed by atoms with Crippen molar-refractivity contribution in [3.05, 3.63) is 59.3 Å². The highest BCUT2D eigenvalue weighted by molar-refractivity contribution is 7.98. The fourth-order valence-electron chi connectivity index (χ4n) is 4.17. The highest BCUT2D eigenvalue weighted by Crippen LogP contribution is 2.26. The third-order valence-corrected chi connectivity index (χ3v) is 6.35. The van der Waals surface area contributed by atoms with Crippen molar-refractivity contribution in [1.82, 2.24) is 14.8 Å². The maximum atomic E-state index is 12.9. The van der Waals surface area contributed by atoms with Gasteiger partial charge in [-0.1, -0.05) is 24.3 Å². The molecule has 2 aromatic rings. The summed E-state index contributed by atoms with van der Waals surface area (Å²) in [4.78, 5) is 21.8. The summed E-state index contributed by atoms with van der Waals surface area (Å²) in [5, 5.41) is 0.823. The molecular formula is C21H25N3OS. The molecule has 4 nitrogen and oxygen atoms in total. The van der Waals surface area contributed by atoms with Crippen molar-refractivity contribution < 1.29 is 4.79 Å². The summed E-state index contributed by atoms with van der Waals surface area (Å²) in [6.07, 6.45) is 7.26. The van der Waals surface area contributed by atoms with Crippen LogP contribution in [0.4, 0.5) is 0 Å². The highest BCUT2D eigenvalue weighted by Gasteiger charge is 2.29. The van der Waals surface area contributed by atoms with Gasteiger partial charge in [0.15, 0.2) is 0 Å². The molecule has 2 aliphatic rings. The smallest absolute Gasteiger partial charge is 0.256 e. The second-order valence-electron chi connectivity index (χ2n) is 7.05. The number of nitrogens with zero attached hydrogens (tertiary/aromatic N) is 3. The van der Waals surface area contributed by atoms with Crippen LogP contribution in [0.1, 0.15) is 27.9 Å². The SMILES string of the molecule is CSc1ncccc1C(=O)N1CCN(C2CCc3ccccc3C2)CC1. The lowest BCUT2D eigenvalue weighted by Gasteiger charge is -2.41. The number of hydrogen-bond donors (Lipinski definition) is 0. The van der Waals surface area contributed by atoms with Gasteiger partial charge in [-0.15, -0.1) is 11.8 Å². The van der Waals surface area contributed by atoms with Crippen LogP contribution < -0.4 is 0 Å². The van der Waals surface area contributed by atoms with Crippen LogP contribution in [0.25, 0.3) is 0 Å². The molecule has 5 heteroatoms. The Kier molecular flexibility index (Phi) is 5.27. The normalized spacial score (nSPS) is 20.7. The van der Waals surface area contributed by atoms with E-state index in [9.17, 15) is 4.79 Å². The Morgan fingerprint density at radius 3 is 2.62 bits per heavy atom. The first-order valence-electron chi connectivity index (χ1n) is 9.35. The first-order chi connectivity index (χ1) is 12.8. The van der Waals surface area contributed by atoms with E-state index < -0.39 is 0 Å². The minimum atomic E-state index is 0.121. The minimum absolute atomic E-state index is 0.121. The Morgan fingerprint density at radius 2 is 1.85 bits per heavy atom. The van der Waals surface area contributed by atoms with Gasteiger partial charge in [0, 0.05) is 38.4 Å². The maximum absolute atomic E-state index is 12.9. The van der Waals surface area contributed by atoms with Crippen LogP contribution in [0, 0.1) is 0 Å². The molecule has 1 atom stereocenters. The monoisotopic (exact) mass is 367 g/mol. The molecule has 0 radical (unpaired) electrons. The first-order valence-corrected chi connectivity index (χ1v) is 10.6. The first kappa shape index (κ1) is 17.6. The number of carbonyl (C=O) groups excluding carboxylic acids is 1. The fourth-order valence-corrected chi connectivity index (χ4v) is 4.71. The lowest BCUT2D eigenvalue weighted by Crippen LogP contribution is -2.53. The predicted octanol–water partition coefficient (Wildman–Crippen LogP) is 3.12. The summed E-state index contributed by atoms with van der Waals surface area (Å²) in [5.74, 6) is 0.121. The number of carbonyl (C=O) groups is 1. The lowest BCUT2D eigenvalue weighted by atomic mass is 9.87. The second-order valence-corrected chi connectivity index (χ2v) is 7.85. The van der Waals surface area contributed by atoms with Gasteiger partial charge in [0.2, 0.25) is 0 Å². The summed E-state index contributed by atoms with van der Waals surface area (Å²) in [5.41, 5.74) is 3.75. The Morgan fingerprint density at radius 1 is 1.08 bits per heavy atom. The zero-order valence-electron chi connectivity index (χ0n) is 15.2. The number of aromatic nitrogens is 1. The Balaban J connectivity index is 1.38. The number of aryl methyl sites for hydroxylation is 1. The zero-order valence-corrected chi connectivity index (χ0v) is 16.0. The van der Waals surface area contributed by atoms with Crippen LogP contribution in [0.3, 0.4) is 0 Å². The quantitative estimate of drug-likeness (QED) is 0.781. The molecule has 1 aromatic heterocycles. The van der Waals surface area contributed by atoms with Crippen molar-refractivity contribution >= 4 is 17.7 Å². The van der Waals surface area contributed by atoms with E-state index in [0.717, 1.165) is 43.2 Å². The molecule has 1 aliphatic heterocycles. The molecule has 1 aliphatic carbocycles. The van der Waals surface area contributed by atoms with E-state index >= 15 is 0 Å². The molecule has 1 fully saturated rings. The highest BCUT2D eigenvalue weighted by atomic mass is 32.2. The molecule has 1 amide bonds. The number of amides is 1. The summed E-state index contributed by atoms with van der Waals surface area (Å²) < 4.78 is 0. The molecule has 26 heavy (non-hydrogen) atoms. The summed E-state index contributed by atoms with van der Waals surface area (Å²) in [7, 11) is 0. The van der Waals surface area contributed by atoms with E-state index in [0.29, 0.717) is 6.04 Å². The van der Waals surface area contributed by atoms with Gasteiger partial charge in [-0.05, 0) is 48.8 Å². The fraction of sp³-hybridized carbons (Fsp3) is 0.429. The average Bonchev–Trinajstić information content (AvgIpc) is 2.73. The van der Waals surface area contributed by atoms with Crippen LogP contribution in [0.15, 0.2) is 47.6 Å². The van der Waals surface area contributed by atoms with Gasteiger partial charge in [-0.2, -0.15) is 0 Å². The van der Waals surface area contributed by atoms with E-state index in [2.05, 4.69) is 34.1 Å². The van der Waals surface area contributed by atoms with Crippen molar-refractivity contribution in [1.29, 1.82) is 0 Å². The lowest BCUT2D eigenvalue weighted by molar-refractivity contribution is 0.0549. The summed E-state index contributed by atoms with van der Waals surface area (Å²) in [6.45, 7) is 3.54. The standard InChI is InChI=1S/C21H25N3OS/c1-26-20-19(7-4-10-22-20)21(25)24-13-11-23(12-14-24)18-9-8-16-5-2-3-6-17(16)15-18/h2-7,10,18H,8-9,11-15H2,1H3. The molecule has 4 rings (SSSR count). The average molecular weight is 368 g/mol. The van der Waals surface area contributed by atoms with Gasteiger partial charge in [-0.25, -0.2) is 4.98 Å². The summed E-state index contributed by atoms with van der Waals surface area (Å²) >= 11 is 1.54. The third-order valence-electron chi connectivity index (χ3n) is 5.63. The van der Waals surface area contributed by atoms with Crippen molar-refractivity contribution in [3.8, 4) is 0 Å². The largest absolute Gasteiger partial charge is 0.336 e. The van der Waals surface area contributed by atoms with Gasteiger partial charge in [0.25, 0.3) is 5.91 Å². The van der Waals surface area contributed by atoms with Gasteiger partial charge in [-0.3, -0.25) is 9.69 Å². The molecular weight excluding hydrogens is 342 g/mol. The Labute approximate surface area is 159 Å². The van der Waals surface area contributed by atoms with E-state index in [4.69, 9.17) is 0 Å². The van der Waals surface area contributed by atoms with Crippen molar-refractivity contribution in [2.24, 2.45) is 0 Å². The second kappa shape index (κ2) is 7.80. The molecule has 2 heterocycles. The van der Waals surface area contributed by atoms with Crippen molar-refractivity contribution in [2.75, 3.05) is 32.4 Å². The van der Waals surface area contributed by atoms with Gasteiger partial charge >= 0.3 is 0 Å². The van der Waals surface area contributed by atoms with Crippen LogP contribution in [-0.2, 0) is 12.8 Å². The number of benzene rings is 1. The molecule has 1 saturated heterocycles. The number of pyridine rings is 1. The number of rotatable bonds is 3. The summed E-state index contributed by atoms with van der Waals surface area (Å²) in [6, 6.07) is 13.2. The number of hydrogen-bond acceptors (Lipinski definition) is 4. The topological polar surface area (TPSA) is 36.4 Å². The van der Waals surface area contributed by atoms with E-state index in [1.54, 1.807) is 6.20 Å². The molecule has 1 unspecified atom stereocenters. The molecule has 136 valence electrons. The van der Waals surface area contributed by atoms with E-state index in [1.807, 2.05) is 23.3 Å². The maximum Gasteiger partial charge on any atom is 0.256 e. The van der Waals surface area contributed by atoms with E-state index in [-0.39, 0.29) is 5.91 Å². The number of thioether (sulfide) groups is 1. The van der Waals surface area contributed by atoms with Crippen molar-refractivity contribution in [3.63, 3.8) is 0 Å². The molecule has 1 aromatic carbocycles. The molecule has 0 spiro atoms. The number of fused-ring (bicyclic) bond motifs is 1. The van der Waals surface area contributed by atoms with Gasteiger partial charge in [0.05, 0.1) is 5.56 Å². The predicted molar refractivity (Wildman–Crippen MR) is 106 cm³/mol. The van der Waals surface area contributed by atoms with Crippen molar-refractivity contribution in [2.45, 2.75) is 30.3 Å². The number of piperazine rings is 1. The van der Waals surface area contributed by atoms with Crippen LogP contribution in [0.5, 0.6) is 0 Å². The van der Waals surface area contributed by atoms with Crippen LogP contribution in [-0.4, -0.2) is 59.2 Å². The molecule has 0 bridgehead atoms. The third kappa shape index (κ3) is 3.51.